The third kappa shape index (κ3) is 1.91. The summed E-state index contributed by atoms with van der Waals surface area (Å²) in [5, 5.41) is 2.55. The molecular formula is C8H6N4OS. The van der Waals surface area contributed by atoms with Gasteiger partial charge in [0, 0.05) is 12.4 Å². The zero-order chi connectivity index (χ0) is 9.80. The maximum atomic E-state index is 11.5. The average Bonchev–Trinajstić information content (AvgIpc) is 2.72. The summed E-state index contributed by atoms with van der Waals surface area (Å²) in [7, 11) is 0. The lowest BCUT2D eigenvalue weighted by molar-refractivity contribution is 0.102. The predicted octanol–water partition coefficient (Wildman–Crippen LogP) is 1.19. The van der Waals surface area contributed by atoms with Crippen LogP contribution >= 0.6 is 11.5 Å². The first-order chi connectivity index (χ1) is 6.86. The van der Waals surface area contributed by atoms with Crippen molar-refractivity contribution in [2.24, 2.45) is 0 Å². The Balaban J connectivity index is 2.11. The van der Waals surface area contributed by atoms with E-state index in [1.54, 1.807) is 23.8 Å². The van der Waals surface area contributed by atoms with Gasteiger partial charge in [-0.15, -0.1) is 0 Å². The van der Waals surface area contributed by atoms with Crippen LogP contribution in [0.15, 0.2) is 30.0 Å². The summed E-state index contributed by atoms with van der Waals surface area (Å²) in [5.41, 5.74) is 2.04. The second-order valence-corrected chi connectivity index (χ2v) is 3.05. The predicted molar refractivity (Wildman–Crippen MR) is 52.1 cm³/mol. The molecule has 0 aliphatic rings. The lowest BCUT2D eigenvalue weighted by Gasteiger charge is -1.98. The van der Waals surface area contributed by atoms with Crippen molar-refractivity contribution in [3.8, 4) is 0 Å². The molecule has 0 aliphatic carbocycles. The highest BCUT2D eigenvalue weighted by Gasteiger charge is 2.06. The molecule has 2 aromatic rings. The van der Waals surface area contributed by atoms with E-state index < -0.39 is 0 Å². The number of pyridine rings is 1. The molecule has 2 aromatic heterocycles. The molecule has 0 unspecified atom stereocenters. The summed E-state index contributed by atoms with van der Waals surface area (Å²) in [6.45, 7) is 0. The van der Waals surface area contributed by atoms with Gasteiger partial charge in [0.2, 0.25) is 5.95 Å². The average molecular weight is 206 g/mol. The molecule has 0 saturated heterocycles. The van der Waals surface area contributed by atoms with E-state index in [4.69, 9.17) is 0 Å². The van der Waals surface area contributed by atoms with Crippen LogP contribution < -0.4 is 5.32 Å². The minimum Gasteiger partial charge on any atom is -0.290 e. The van der Waals surface area contributed by atoms with Crippen molar-refractivity contribution in [1.82, 2.24) is 14.3 Å². The number of amides is 1. The Labute approximate surface area is 84.0 Å². The standard InChI is InChI=1S/C8H6N4OS/c13-7(6-2-1-3-9-4-6)11-8-10-5-14-12-8/h1-5H,(H,11,12,13). The van der Waals surface area contributed by atoms with Gasteiger partial charge in [-0.25, -0.2) is 4.98 Å². The second-order valence-electron chi connectivity index (χ2n) is 2.45. The van der Waals surface area contributed by atoms with Crippen LogP contribution in [-0.2, 0) is 0 Å². The highest BCUT2D eigenvalue weighted by molar-refractivity contribution is 7.03. The largest absolute Gasteiger partial charge is 0.290 e. The fraction of sp³-hybridized carbons (Fsp3) is 0. The summed E-state index contributed by atoms with van der Waals surface area (Å²) in [5.74, 6) is 0.0698. The Hall–Kier alpha value is -1.82. The molecule has 5 nitrogen and oxygen atoms in total. The molecule has 0 aliphatic heterocycles. The fourth-order valence-electron chi connectivity index (χ4n) is 0.896. The lowest BCUT2D eigenvalue weighted by Crippen LogP contribution is -2.12. The molecule has 1 amide bonds. The van der Waals surface area contributed by atoms with Crippen LogP contribution in [-0.4, -0.2) is 20.2 Å². The van der Waals surface area contributed by atoms with Gasteiger partial charge in [0.1, 0.15) is 5.51 Å². The summed E-state index contributed by atoms with van der Waals surface area (Å²) in [6, 6.07) is 3.37. The summed E-state index contributed by atoms with van der Waals surface area (Å²) < 4.78 is 3.86. The van der Waals surface area contributed by atoms with Gasteiger partial charge >= 0.3 is 0 Å². The highest BCUT2D eigenvalue weighted by atomic mass is 32.1. The minimum absolute atomic E-state index is 0.253. The van der Waals surface area contributed by atoms with Gasteiger partial charge in [-0.3, -0.25) is 15.1 Å². The van der Waals surface area contributed by atoms with Crippen LogP contribution in [0, 0.1) is 0 Å². The maximum Gasteiger partial charge on any atom is 0.259 e. The zero-order valence-electron chi connectivity index (χ0n) is 7.04. The Bertz CT molecular complexity index is 414. The second kappa shape index (κ2) is 3.93. The monoisotopic (exact) mass is 206 g/mol. The summed E-state index contributed by atoms with van der Waals surface area (Å²) in [4.78, 5) is 19.2. The fourth-order valence-corrected chi connectivity index (χ4v) is 1.28. The molecular weight excluding hydrogens is 200 g/mol. The Morgan fingerprint density at radius 1 is 1.50 bits per heavy atom. The van der Waals surface area contributed by atoms with Crippen molar-refractivity contribution in [3.05, 3.63) is 35.6 Å². The number of nitrogens with zero attached hydrogens (tertiary/aromatic N) is 3. The van der Waals surface area contributed by atoms with Crippen molar-refractivity contribution < 1.29 is 4.79 Å². The smallest absolute Gasteiger partial charge is 0.259 e. The van der Waals surface area contributed by atoms with E-state index in [0.717, 1.165) is 0 Å². The molecule has 0 saturated carbocycles. The van der Waals surface area contributed by atoms with Crippen molar-refractivity contribution in [1.29, 1.82) is 0 Å². The van der Waals surface area contributed by atoms with Gasteiger partial charge in [0.05, 0.1) is 5.56 Å². The Kier molecular flexibility index (Phi) is 2.46. The molecule has 14 heavy (non-hydrogen) atoms. The van der Waals surface area contributed by atoms with Crippen molar-refractivity contribution in [2.45, 2.75) is 0 Å². The van der Waals surface area contributed by atoms with E-state index in [1.807, 2.05) is 0 Å². The maximum absolute atomic E-state index is 11.5. The lowest BCUT2D eigenvalue weighted by atomic mass is 10.3. The van der Waals surface area contributed by atoms with E-state index in [2.05, 4.69) is 19.7 Å². The van der Waals surface area contributed by atoms with Crippen molar-refractivity contribution >= 4 is 23.4 Å². The van der Waals surface area contributed by atoms with Gasteiger partial charge in [-0.05, 0) is 23.7 Å². The zero-order valence-corrected chi connectivity index (χ0v) is 7.86. The van der Waals surface area contributed by atoms with E-state index in [-0.39, 0.29) is 5.91 Å². The third-order valence-corrected chi connectivity index (χ3v) is 1.99. The van der Waals surface area contributed by atoms with E-state index in [9.17, 15) is 4.79 Å². The van der Waals surface area contributed by atoms with Crippen LogP contribution in [0.3, 0.4) is 0 Å². The number of anilines is 1. The van der Waals surface area contributed by atoms with Gasteiger partial charge in [0.15, 0.2) is 0 Å². The highest BCUT2D eigenvalue weighted by Crippen LogP contribution is 2.03. The first kappa shape index (κ1) is 8.76. The van der Waals surface area contributed by atoms with Crippen LogP contribution in [0.25, 0.3) is 0 Å². The van der Waals surface area contributed by atoms with Crippen LogP contribution in [0.1, 0.15) is 10.4 Å². The van der Waals surface area contributed by atoms with Crippen molar-refractivity contribution in [2.75, 3.05) is 5.32 Å². The molecule has 0 fully saturated rings. The molecule has 0 atom stereocenters. The van der Waals surface area contributed by atoms with Gasteiger partial charge in [0.25, 0.3) is 5.91 Å². The summed E-state index contributed by atoms with van der Waals surface area (Å²) in [6.07, 6.45) is 3.10. The number of carbonyl (C=O) groups excluding carboxylic acids is 1. The quantitative estimate of drug-likeness (QED) is 0.801. The van der Waals surface area contributed by atoms with Crippen LogP contribution in [0.4, 0.5) is 5.95 Å². The van der Waals surface area contributed by atoms with E-state index >= 15 is 0 Å². The molecule has 0 spiro atoms. The van der Waals surface area contributed by atoms with Crippen LogP contribution in [0.5, 0.6) is 0 Å². The first-order valence-electron chi connectivity index (χ1n) is 3.84. The van der Waals surface area contributed by atoms with E-state index in [1.165, 1.54) is 17.7 Å². The number of nitrogens with one attached hydrogen (secondary N) is 1. The van der Waals surface area contributed by atoms with Crippen LogP contribution in [0.2, 0.25) is 0 Å². The number of rotatable bonds is 2. The molecule has 6 heteroatoms. The normalized spacial score (nSPS) is 9.71. The number of carbonyl (C=O) groups is 1. The van der Waals surface area contributed by atoms with Gasteiger partial charge in [-0.2, -0.15) is 4.37 Å². The third-order valence-electron chi connectivity index (χ3n) is 1.51. The number of hydrogen-bond donors (Lipinski definition) is 1. The molecule has 0 bridgehead atoms. The Morgan fingerprint density at radius 3 is 3.07 bits per heavy atom. The molecule has 2 rings (SSSR count). The molecule has 1 N–H and O–H groups in total. The van der Waals surface area contributed by atoms with Gasteiger partial charge < -0.3 is 0 Å². The molecule has 2 heterocycles. The number of aromatic nitrogens is 3. The Morgan fingerprint density at radius 2 is 2.43 bits per heavy atom. The van der Waals surface area contributed by atoms with Crippen molar-refractivity contribution in [3.63, 3.8) is 0 Å². The topological polar surface area (TPSA) is 67.8 Å². The first-order valence-corrected chi connectivity index (χ1v) is 4.67. The van der Waals surface area contributed by atoms with E-state index in [0.29, 0.717) is 11.5 Å². The molecule has 0 aromatic carbocycles. The minimum atomic E-state index is -0.253. The van der Waals surface area contributed by atoms with Gasteiger partial charge in [-0.1, -0.05) is 0 Å². The number of hydrogen-bond acceptors (Lipinski definition) is 5. The summed E-state index contributed by atoms with van der Waals surface area (Å²) >= 11 is 1.19. The SMILES string of the molecule is O=C(Nc1ncsn1)c1cccnc1. The molecule has 70 valence electrons. The molecule has 0 radical (unpaired) electrons.